The van der Waals surface area contributed by atoms with Crippen molar-refractivity contribution in [2.75, 3.05) is 19.6 Å². The maximum Gasteiger partial charge on any atom is 0.223 e. The fraction of sp³-hybridized carbons (Fsp3) is 0.800. The van der Waals surface area contributed by atoms with Crippen molar-refractivity contribution in [3.63, 3.8) is 0 Å². The summed E-state index contributed by atoms with van der Waals surface area (Å²) in [6.07, 6.45) is 9.27. The number of amides is 1. The van der Waals surface area contributed by atoms with E-state index >= 15 is 0 Å². The summed E-state index contributed by atoms with van der Waals surface area (Å²) in [5, 5.41) is 6.64. The predicted octanol–water partition coefficient (Wildman–Crippen LogP) is 1.70. The first-order valence-electron chi connectivity index (χ1n) is 7.33. The number of piperidine rings is 1. The molecular formula is C15H24N2O. The highest BCUT2D eigenvalue weighted by atomic mass is 16.1. The van der Waals surface area contributed by atoms with Crippen LogP contribution in [0.15, 0.2) is 12.2 Å². The number of allylic oxidation sites excluding steroid dienone is 2. The van der Waals surface area contributed by atoms with Gasteiger partial charge in [-0.05, 0) is 49.5 Å². The molecule has 0 aromatic rings. The Morgan fingerprint density at radius 2 is 2.33 bits per heavy atom. The summed E-state index contributed by atoms with van der Waals surface area (Å²) in [5.41, 5.74) is 0.251. The Morgan fingerprint density at radius 3 is 2.94 bits per heavy atom. The number of carbonyl (C=O) groups excluding carboxylic acids is 1. The van der Waals surface area contributed by atoms with Crippen LogP contribution < -0.4 is 10.6 Å². The molecule has 100 valence electrons. The van der Waals surface area contributed by atoms with Gasteiger partial charge in [-0.1, -0.05) is 19.1 Å². The molecule has 0 spiro atoms. The van der Waals surface area contributed by atoms with Crippen LogP contribution in [-0.4, -0.2) is 25.5 Å². The lowest BCUT2D eigenvalue weighted by atomic mass is 9.82. The molecule has 1 amide bonds. The lowest BCUT2D eigenvalue weighted by Crippen LogP contribution is -2.47. The molecule has 2 fully saturated rings. The molecule has 1 heterocycles. The normalized spacial score (nSPS) is 42.2. The van der Waals surface area contributed by atoms with Gasteiger partial charge in [-0.25, -0.2) is 0 Å². The molecule has 2 N–H and O–H groups in total. The summed E-state index contributed by atoms with van der Waals surface area (Å²) < 4.78 is 0. The largest absolute Gasteiger partial charge is 0.355 e. The highest BCUT2D eigenvalue weighted by molar-refractivity contribution is 5.80. The lowest BCUT2D eigenvalue weighted by molar-refractivity contribution is -0.126. The second-order valence-electron chi connectivity index (χ2n) is 6.70. The summed E-state index contributed by atoms with van der Waals surface area (Å²) >= 11 is 0. The summed E-state index contributed by atoms with van der Waals surface area (Å²) in [7, 11) is 0. The Hall–Kier alpha value is -0.830. The zero-order valence-corrected chi connectivity index (χ0v) is 11.2. The monoisotopic (exact) mass is 248 g/mol. The molecule has 18 heavy (non-hydrogen) atoms. The molecule has 1 saturated heterocycles. The molecule has 3 heteroatoms. The van der Waals surface area contributed by atoms with Crippen LogP contribution in [0.1, 0.15) is 32.6 Å². The van der Waals surface area contributed by atoms with Crippen LogP contribution >= 0.6 is 0 Å². The van der Waals surface area contributed by atoms with E-state index in [9.17, 15) is 4.79 Å². The molecule has 2 bridgehead atoms. The molecule has 3 nitrogen and oxygen atoms in total. The molecule has 1 aliphatic heterocycles. The van der Waals surface area contributed by atoms with Crippen molar-refractivity contribution < 1.29 is 4.79 Å². The standard InChI is InChI=1S/C15H24N2O/c1-15(5-2-6-16-9-15)10-17-14(18)13-8-11-3-4-12(13)7-11/h3-4,11-13,16H,2,5-10H2,1H3,(H,17,18). The van der Waals surface area contributed by atoms with E-state index in [4.69, 9.17) is 0 Å². The highest BCUT2D eigenvalue weighted by Gasteiger charge is 2.40. The van der Waals surface area contributed by atoms with E-state index in [0.717, 1.165) is 26.1 Å². The van der Waals surface area contributed by atoms with Gasteiger partial charge >= 0.3 is 0 Å². The third-order valence-electron chi connectivity index (χ3n) is 4.99. The van der Waals surface area contributed by atoms with E-state index in [2.05, 4.69) is 29.7 Å². The first-order valence-corrected chi connectivity index (χ1v) is 7.33. The minimum atomic E-state index is 0.250. The summed E-state index contributed by atoms with van der Waals surface area (Å²) in [5.74, 6) is 1.74. The van der Waals surface area contributed by atoms with Crippen LogP contribution in [0.2, 0.25) is 0 Å². The van der Waals surface area contributed by atoms with Gasteiger partial charge < -0.3 is 10.6 Å². The summed E-state index contributed by atoms with van der Waals surface area (Å²) in [4.78, 5) is 12.3. The summed E-state index contributed by atoms with van der Waals surface area (Å²) in [6.45, 7) is 5.27. The van der Waals surface area contributed by atoms with Gasteiger partial charge in [0.2, 0.25) is 5.91 Å². The highest BCUT2D eigenvalue weighted by Crippen LogP contribution is 2.43. The zero-order chi connectivity index (χ0) is 12.6. The molecule has 4 unspecified atom stereocenters. The first-order chi connectivity index (χ1) is 8.66. The van der Waals surface area contributed by atoms with Gasteiger partial charge in [0.1, 0.15) is 0 Å². The predicted molar refractivity (Wildman–Crippen MR) is 72.1 cm³/mol. The van der Waals surface area contributed by atoms with E-state index < -0.39 is 0 Å². The molecule has 4 atom stereocenters. The molecule has 3 rings (SSSR count). The van der Waals surface area contributed by atoms with E-state index in [0.29, 0.717) is 17.7 Å². The minimum absolute atomic E-state index is 0.250. The van der Waals surface area contributed by atoms with Crippen molar-refractivity contribution >= 4 is 5.91 Å². The van der Waals surface area contributed by atoms with E-state index in [-0.39, 0.29) is 11.3 Å². The van der Waals surface area contributed by atoms with Crippen LogP contribution in [0.25, 0.3) is 0 Å². The third-order valence-corrected chi connectivity index (χ3v) is 4.99. The number of rotatable bonds is 3. The van der Waals surface area contributed by atoms with Crippen molar-refractivity contribution in [3.8, 4) is 0 Å². The van der Waals surface area contributed by atoms with Gasteiger partial charge in [0.25, 0.3) is 0 Å². The van der Waals surface area contributed by atoms with Gasteiger partial charge in [0.15, 0.2) is 0 Å². The second-order valence-corrected chi connectivity index (χ2v) is 6.70. The molecule has 3 aliphatic rings. The molecule has 0 aromatic heterocycles. The quantitative estimate of drug-likeness (QED) is 0.747. The van der Waals surface area contributed by atoms with Gasteiger partial charge in [-0.2, -0.15) is 0 Å². The van der Waals surface area contributed by atoms with E-state index in [1.165, 1.54) is 19.3 Å². The van der Waals surface area contributed by atoms with Crippen LogP contribution in [-0.2, 0) is 4.79 Å². The smallest absolute Gasteiger partial charge is 0.223 e. The van der Waals surface area contributed by atoms with Gasteiger partial charge in [0.05, 0.1) is 0 Å². The molecule has 2 aliphatic carbocycles. The Bertz CT molecular complexity index is 358. The van der Waals surface area contributed by atoms with Crippen molar-refractivity contribution in [1.29, 1.82) is 0 Å². The Morgan fingerprint density at radius 1 is 1.44 bits per heavy atom. The molecule has 1 saturated carbocycles. The maximum absolute atomic E-state index is 12.3. The van der Waals surface area contributed by atoms with Crippen molar-refractivity contribution in [1.82, 2.24) is 10.6 Å². The Balaban J connectivity index is 1.51. The van der Waals surface area contributed by atoms with Crippen molar-refractivity contribution in [2.45, 2.75) is 32.6 Å². The lowest BCUT2D eigenvalue weighted by Gasteiger charge is -2.34. The fourth-order valence-electron chi connectivity index (χ4n) is 3.78. The second kappa shape index (κ2) is 4.69. The van der Waals surface area contributed by atoms with Crippen molar-refractivity contribution in [2.24, 2.45) is 23.2 Å². The van der Waals surface area contributed by atoms with Crippen LogP contribution in [0.3, 0.4) is 0 Å². The number of fused-ring (bicyclic) bond motifs is 2. The van der Waals surface area contributed by atoms with Gasteiger partial charge in [-0.3, -0.25) is 4.79 Å². The number of nitrogens with one attached hydrogen (secondary N) is 2. The van der Waals surface area contributed by atoms with Crippen LogP contribution in [0.5, 0.6) is 0 Å². The van der Waals surface area contributed by atoms with E-state index in [1.54, 1.807) is 0 Å². The van der Waals surface area contributed by atoms with Crippen LogP contribution in [0, 0.1) is 23.2 Å². The Labute approximate surface area is 109 Å². The number of carbonyl (C=O) groups is 1. The van der Waals surface area contributed by atoms with Gasteiger partial charge in [0, 0.05) is 19.0 Å². The summed E-state index contributed by atoms with van der Waals surface area (Å²) in [6, 6.07) is 0. The topological polar surface area (TPSA) is 41.1 Å². The zero-order valence-electron chi connectivity index (χ0n) is 11.2. The average molecular weight is 248 g/mol. The van der Waals surface area contributed by atoms with Gasteiger partial charge in [-0.15, -0.1) is 0 Å². The minimum Gasteiger partial charge on any atom is -0.355 e. The number of hydrogen-bond donors (Lipinski definition) is 2. The van der Waals surface area contributed by atoms with Crippen molar-refractivity contribution in [3.05, 3.63) is 12.2 Å². The molecule has 0 radical (unpaired) electrons. The SMILES string of the molecule is CC1(CNC(=O)C2CC3C=CC2C3)CCCNC1. The Kier molecular flexibility index (Phi) is 3.18. The van der Waals surface area contributed by atoms with E-state index in [1.807, 2.05) is 0 Å². The molecule has 0 aromatic carbocycles. The number of hydrogen-bond acceptors (Lipinski definition) is 2. The molecular weight excluding hydrogens is 224 g/mol. The first kappa shape index (κ1) is 12.2. The third kappa shape index (κ3) is 2.33. The van der Waals surface area contributed by atoms with Crippen LogP contribution in [0.4, 0.5) is 0 Å². The maximum atomic E-state index is 12.3. The average Bonchev–Trinajstić information content (AvgIpc) is 2.99. The fourth-order valence-corrected chi connectivity index (χ4v) is 3.78.